The molecule has 0 saturated carbocycles. The summed E-state index contributed by atoms with van der Waals surface area (Å²) in [5, 5.41) is 0. The summed E-state index contributed by atoms with van der Waals surface area (Å²) in [5.74, 6) is -0.0612. The van der Waals surface area contributed by atoms with Gasteiger partial charge in [-0.15, -0.1) is 0 Å². The zero-order valence-corrected chi connectivity index (χ0v) is 13.6. The number of carbonyl (C=O) groups is 2. The van der Waals surface area contributed by atoms with Crippen LogP contribution in [0.15, 0.2) is 40.2 Å². The molecule has 1 aromatic rings. The van der Waals surface area contributed by atoms with Crippen molar-refractivity contribution < 1.29 is 23.8 Å². The summed E-state index contributed by atoms with van der Waals surface area (Å²) in [6.07, 6.45) is 3.74. The van der Waals surface area contributed by atoms with Crippen molar-refractivity contribution in [1.29, 1.82) is 0 Å². The lowest BCUT2D eigenvalue weighted by molar-refractivity contribution is 0.0598. The summed E-state index contributed by atoms with van der Waals surface area (Å²) in [7, 11) is 2.55. The Hall–Kier alpha value is -1.96. The van der Waals surface area contributed by atoms with Crippen LogP contribution in [-0.2, 0) is 9.47 Å². The average Bonchev–Trinajstić information content (AvgIpc) is 2.53. The molecule has 0 N–H and O–H groups in total. The minimum absolute atomic E-state index is 0.0383. The molecule has 1 aliphatic rings. The van der Waals surface area contributed by atoms with Crippen LogP contribution in [-0.4, -0.2) is 30.2 Å². The minimum Gasteiger partial charge on any atom is -0.465 e. The van der Waals surface area contributed by atoms with E-state index in [-0.39, 0.29) is 31.9 Å². The summed E-state index contributed by atoms with van der Waals surface area (Å²) in [4.78, 5) is 23.3. The molecular weight excluding hydrogens is 387 g/mol. The van der Waals surface area contributed by atoms with Crippen LogP contribution in [0, 0.1) is 0 Å². The van der Waals surface area contributed by atoms with Crippen LogP contribution in [0.25, 0.3) is 0 Å². The molecular formula is C15H13IO5. The Morgan fingerprint density at radius 1 is 1.00 bits per heavy atom. The zero-order valence-electron chi connectivity index (χ0n) is 11.5. The SMILES string of the molecule is COC(=O)c1cc(OC2=CC=IC=C2)cc(C(=O)OC)c1. The van der Waals surface area contributed by atoms with Gasteiger partial charge in [0, 0.05) is 0 Å². The van der Waals surface area contributed by atoms with E-state index < -0.39 is 11.9 Å². The quantitative estimate of drug-likeness (QED) is 0.575. The number of rotatable bonds is 4. The van der Waals surface area contributed by atoms with Gasteiger partial charge in [-0.1, -0.05) is 20.7 Å². The summed E-state index contributed by atoms with van der Waals surface area (Å²) >= 11 is -0.0383. The number of halogens is 1. The molecule has 0 spiro atoms. The third kappa shape index (κ3) is 4.01. The number of hydrogen-bond acceptors (Lipinski definition) is 5. The molecule has 0 aliphatic carbocycles. The van der Waals surface area contributed by atoms with E-state index >= 15 is 0 Å². The Bertz CT molecular complexity index is 624. The van der Waals surface area contributed by atoms with Crippen LogP contribution in [0.4, 0.5) is 0 Å². The lowest BCUT2D eigenvalue weighted by Gasteiger charge is -2.10. The van der Waals surface area contributed by atoms with Gasteiger partial charge in [-0.2, -0.15) is 0 Å². The van der Waals surface area contributed by atoms with Gasteiger partial charge >= 0.3 is 11.9 Å². The van der Waals surface area contributed by atoms with Crippen LogP contribution in [0.1, 0.15) is 20.7 Å². The van der Waals surface area contributed by atoms with Crippen molar-refractivity contribution >= 4 is 36.7 Å². The lowest BCUT2D eigenvalue weighted by Crippen LogP contribution is -2.07. The first kappa shape index (κ1) is 15.4. The largest absolute Gasteiger partial charge is 0.465 e. The van der Waals surface area contributed by atoms with Crippen LogP contribution < -0.4 is 4.74 Å². The third-order valence-electron chi connectivity index (χ3n) is 2.58. The molecule has 0 amide bonds. The number of methoxy groups -OCH3 is 2. The van der Waals surface area contributed by atoms with Gasteiger partial charge in [0.05, 0.1) is 25.3 Å². The van der Waals surface area contributed by atoms with Gasteiger partial charge in [0.2, 0.25) is 0 Å². The second-order valence-corrected chi connectivity index (χ2v) is 6.10. The Labute approximate surface area is 131 Å². The van der Waals surface area contributed by atoms with E-state index in [9.17, 15) is 9.59 Å². The van der Waals surface area contributed by atoms with Crippen LogP contribution in [0.2, 0.25) is 0 Å². The van der Waals surface area contributed by atoms with Crippen LogP contribution in [0.3, 0.4) is 0 Å². The van der Waals surface area contributed by atoms with Gasteiger partial charge in [-0.25, -0.2) is 9.59 Å². The summed E-state index contributed by atoms with van der Waals surface area (Å²) < 4.78 is 19.1. The fourth-order valence-electron chi connectivity index (χ4n) is 1.63. The number of ether oxygens (including phenoxy) is 3. The van der Waals surface area contributed by atoms with Gasteiger partial charge in [-0.3, -0.25) is 0 Å². The molecule has 0 atom stereocenters. The molecule has 110 valence electrons. The van der Waals surface area contributed by atoms with Gasteiger partial charge in [-0.05, 0) is 38.4 Å². The highest BCUT2D eigenvalue weighted by Gasteiger charge is 2.15. The van der Waals surface area contributed by atoms with E-state index in [1.807, 2.05) is 12.2 Å². The van der Waals surface area contributed by atoms with Gasteiger partial charge in [0.1, 0.15) is 11.5 Å². The number of benzene rings is 1. The van der Waals surface area contributed by atoms with E-state index in [2.05, 4.69) is 17.6 Å². The molecule has 1 heterocycles. The second-order valence-electron chi connectivity index (χ2n) is 3.94. The highest BCUT2D eigenvalue weighted by molar-refractivity contribution is 14.2. The van der Waals surface area contributed by atoms with Gasteiger partial charge in [0.25, 0.3) is 0 Å². The first-order valence-electron chi connectivity index (χ1n) is 5.95. The van der Waals surface area contributed by atoms with Gasteiger partial charge in [0.15, 0.2) is 0 Å². The maximum atomic E-state index is 11.7. The molecule has 1 aliphatic heterocycles. The fourth-order valence-corrected chi connectivity index (χ4v) is 2.99. The monoisotopic (exact) mass is 400 g/mol. The van der Waals surface area contributed by atoms with Crippen molar-refractivity contribution in [3.05, 3.63) is 51.3 Å². The standard InChI is InChI=1S/C15H13IO5/c1-19-14(17)10-7-11(15(18)20-2)9-13(8-10)21-12-3-5-16-6-4-12/h3-9H,1-2H3. The predicted molar refractivity (Wildman–Crippen MR) is 87.1 cm³/mol. The Kier molecular flexibility index (Phi) is 5.26. The zero-order chi connectivity index (χ0) is 15.2. The smallest absolute Gasteiger partial charge is 0.338 e. The molecule has 0 fully saturated rings. The number of hydrogen-bond donors (Lipinski definition) is 0. The Morgan fingerprint density at radius 2 is 1.62 bits per heavy atom. The van der Waals surface area contributed by atoms with E-state index in [0.717, 1.165) is 0 Å². The molecule has 0 bridgehead atoms. The van der Waals surface area contributed by atoms with Crippen molar-refractivity contribution in [3.8, 4) is 5.75 Å². The predicted octanol–water partition coefficient (Wildman–Crippen LogP) is 2.82. The van der Waals surface area contributed by atoms with Crippen molar-refractivity contribution in [3.63, 3.8) is 0 Å². The van der Waals surface area contributed by atoms with Gasteiger partial charge < -0.3 is 14.2 Å². The maximum absolute atomic E-state index is 11.7. The second kappa shape index (κ2) is 7.16. The topological polar surface area (TPSA) is 61.8 Å². The molecule has 1 aromatic carbocycles. The number of esters is 2. The molecule has 2 rings (SSSR count). The molecule has 0 radical (unpaired) electrons. The Morgan fingerprint density at radius 3 is 2.10 bits per heavy atom. The first-order valence-corrected chi connectivity index (χ1v) is 8.45. The highest BCUT2D eigenvalue weighted by atomic mass is 127. The minimum atomic E-state index is -0.545. The van der Waals surface area contributed by atoms with Crippen LogP contribution in [0.5, 0.6) is 5.75 Å². The van der Waals surface area contributed by atoms with E-state index in [0.29, 0.717) is 11.5 Å². The maximum Gasteiger partial charge on any atom is 0.338 e. The first-order chi connectivity index (χ1) is 10.1. The number of carbonyl (C=O) groups excluding carboxylic acids is 2. The van der Waals surface area contributed by atoms with Crippen molar-refractivity contribution in [2.45, 2.75) is 0 Å². The Balaban J connectivity index is 2.37. The van der Waals surface area contributed by atoms with Crippen molar-refractivity contribution in [1.82, 2.24) is 0 Å². The van der Waals surface area contributed by atoms with E-state index in [1.165, 1.54) is 32.4 Å². The normalized spacial score (nSPS) is 13.0. The van der Waals surface area contributed by atoms with Crippen molar-refractivity contribution in [2.75, 3.05) is 14.2 Å². The van der Waals surface area contributed by atoms with E-state index in [4.69, 9.17) is 4.74 Å². The average molecular weight is 400 g/mol. The molecule has 6 heteroatoms. The summed E-state index contributed by atoms with van der Waals surface area (Å²) in [6.45, 7) is 0. The van der Waals surface area contributed by atoms with Crippen molar-refractivity contribution in [2.24, 2.45) is 0 Å². The number of allylic oxidation sites excluding steroid dienone is 2. The molecule has 0 unspecified atom stereocenters. The highest BCUT2D eigenvalue weighted by Crippen LogP contribution is 2.22. The molecule has 0 aromatic heterocycles. The molecule has 0 saturated heterocycles. The molecule has 21 heavy (non-hydrogen) atoms. The lowest BCUT2D eigenvalue weighted by atomic mass is 10.1. The summed E-state index contributed by atoms with van der Waals surface area (Å²) in [6, 6.07) is 4.46. The molecule has 5 nitrogen and oxygen atoms in total. The summed E-state index contributed by atoms with van der Waals surface area (Å²) in [5.41, 5.74) is 0.458. The van der Waals surface area contributed by atoms with E-state index in [1.54, 1.807) is 0 Å². The third-order valence-corrected chi connectivity index (χ3v) is 4.13. The fraction of sp³-hybridized carbons (Fsp3) is 0.133. The van der Waals surface area contributed by atoms with Crippen LogP contribution >= 0.6 is 20.7 Å².